The third-order valence-corrected chi connectivity index (χ3v) is 6.00. The minimum Gasteiger partial charge on any atom is -0.298 e. The van der Waals surface area contributed by atoms with Gasteiger partial charge in [0.25, 0.3) is 0 Å². The second-order valence-corrected chi connectivity index (χ2v) is 8.12. The van der Waals surface area contributed by atoms with Gasteiger partial charge in [0, 0.05) is 43.5 Å². The van der Waals surface area contributed by atoms with Crippen LogP contribution in [0.5, 0.6) is 0 Å². The number of aromatic nitrogens is 1. The minimum atomic E-state index is 0.721. The van der Waals surface area contributed by atoms with Gasteiger partial charge in [-0.1, -0.05) is 20.3 Å². The molecular weight excluding hydrogens is 278 g/mol. The molecule has 2 atom stereocenters. The van der Waals surface area contributed by atoms with Crippen LogP contribution in [0.1, 0.15) is 43.8 Å². The number of piperidine rings is 1. The molecular formula is C17H29N3S. The first kappa shape index (κ1) is 15.4. The summed E-state index contributed by atoms with van der Waals surface area (Å²) < 4.78 is 0. The Morgan fingerprint density at radius 2 is 2.19 bits per heavy atom. The third kappa shape index (κ3) is 3.66. The molecule has 21 heavy (non-hydrogen) atoms. The maximum atomic E-state index is 4.63. The number of aryl methyl sites for hydroxylation is 1. The van der Waals surface area contributed by atoms with E-state index in [0.29, 0.717) is 0 Å². The Hall–Kier alpha value is -0.450. The van der Waals surface area contributed by atoms with Crippen molar-refractivity contribution in [2.24, 2.45) is 5.92 Å². The van der Waals surface area contributed by atoms with Gasteiger partial charge in [-0.2, -0.15) is 0 Å². The van der Waals surface area contributed by atoms with Crippen LogP contribution >= 0.6 is 11.3 Å². The standard InChI is InChI=1S/C17H29N3S/c1-13(2)17-11-19-8-5-4-6-16(19)10-20(17)9-7-15-12-21-14(3)18-15/h12-13,16-17H,4-11H2,1-3H3. The Bertz CT molecular complexity index is 457. The van der Waals surface area contributed by atoms with Gasteiger partial charge in [-0.05, 0) is 32.2 Å². The largest absolute Gasteiger partial charge is 0.298 e. The fraction of sp³-hybridized carbons (Fsp3) is 0.824. The van der Waals surface area contributed by atoms with E-state index in [1.54, 1.807) is 11.3 Å². The molecule has 2 aliphatic heterocycles. The molecule has 2 saturated heterocycles. The number of fused-ring (bicyclic) bond motifs is 1. The van der Waals surface area contributed by atoms with Crippen LogP contribution in [-0.4, -0.2) is 53.0 Å². The molecule has 1 aromatic heterocycles. The van der Waals surface area contributed by atoms with Gasteiger partial charge < -0.3 is 0 Å². The first-order valence-electron chi connectivity index (χ1n) is 8.52. The highest BCUT2D eigenvalue weighted by atomic mass is 32.1. The van der Waals surface area contributed by atoms with Crippen LogP contribution in [-0.2, 0) is 6.42 Å². The van der Waals surface area contributed by atoms with Gasteiger partial charge in [0.2, 0.25) is 0 Å². The van der Waals surface area contributed by atoms with Crippen molar-refractivity contribution in [2.45, 2.75) is 58.5 Å². The van der Waals surface area contributed by atoms with E-state index in [2.05, 4.69) is 40.9 Å². The van der Waals surface area contributed by atoms with Gasteiger partial charge in [-0.25, -0.2) is 4.98 Å². The Labute approximate surface area is 133 Å². The van der Waals surface area contributed by atoms with E-state index < -0.39 is 0 Å². The van der Waals surface area contributed by atoms with Crippen molar-refractivity contribution in [1.82, 2.24) is 14.8 Å². The average Bonchev–Trinajstić information content (AvgIpc) is 2.89. The third-order valence-electron chi connectivity index (χ3n) is 5.18. The lowest BCUT2D eigenvalue weighted by Crippen LogP contribution is -2.61. The zero-order valence-corrected chi connectivity index (χ0v) is 14.5. The molecule has 4 heteroatoms. The molecule has 1 aromatic rings. The van der Waals surface area contributed by atoms with E-state index in [4.69, 9.17) is 0 Å². The normalized spacial score (nSPS) is 28.0. The molecule has 3 nitrogen and oxygen atoms in total. The summed E-state index contributed by atoms with van der Waals surface area (Å²) in [6.07, 6.45) is 5.34. The summed E-state index contributed by atoms with van der Waals surface area (Å²) in [4.78, 5) is 10.1. The van der Waals surface area contributed by atoms with E-state index in [1.165, 1.54) is 56.1 Å². The summed E-state index contributed by atoms with van der Waals surface area (Å²) in [5.74, 6) is 0.741. The smallest absolute Gasteiger partial charge is 0.0897 e. The minimum absolute atomic E-state index is 0.721. The number of piperazine rings is 1. The molecule has 2 unspecified atom stereocenters. The molecule has 0 saturated carbocycles. The van der Waals surface area contributed by atoms with Gasteiger partial charge >= 0.3 is 0 Å². The number of nitrogens with zero attached hydrogens (tertiary/aromatic N) is 3. The Morgan fingerprint density at radius 1 is 1.33 bits per heavy atom. The fourth-order valence-corrected chi connectivity index (χ4v) is 4.59. The highest BCUT2D eigenvalue weighted by Crippen LogP contribution is 2.27. The summed E-state index contributed by atoms with van der Waals surface area (Å²) in [7, 11) is 0. The van der Waals surface area contributed by atoms with Crippen molar-refractivity contribution in [3.8, 4) is 0 Å². The van der Waals surface area contributed by atoms with E-state index >= 15 is 0 Å². The maximum absolute atomic E-state index is 4.63. The van der Waals surface area contributed by atoms with Crippen molar-refractivity contribution in [3.05, 3.63) is 16.1 Å². The van der Waals surface area contributed by atoms with E-state index in [9.17, 15) is 0 Å². The number of hydrogen-bond donors (Lipinski definition) is 0. The van der Waals surface area contributed by atoms with Gasteiger partial charge in [0.15, 0.2) is 0 Å². The predicted octanol–water partition coefficient (Wildman–Crippen LogP) is 3.19. The van der Waals surface area contributed by atoms with Crippen LogP contribution in [0, 0.1) is 12.8 Å². The van der Waals surface area contributed by atoms with Crippen molar-refractivity contribution >= 4 is 11.3 Å². The summed E-state index contributed by atoms with van der Waals surface area (Å²) in [6, 6.07) is 1.53. The number of rotatable bonds is 4. The van der Waals surface area contributed by atoms with Gasteiger partial charge in [0.05, 0.1) is 10.7 Å². The van der Waals surface area contributed by atoms with Crippen LogP contribution < -0.4 is 0 Å². The highest BCUT2D eigenvalue weighted by Gasteiger charge is 2.35. The molecule has 3 heterocycles. The van der Waals surface area contributed by atoms with E-state index in [0.717, 1.165) is 24.4 Å². The van der Waals surface area contributed by atoms with Gasteiger partial charge in [-0.3, -0.25) is 9.80 Å². The first-order chi connectivity index (χ1) is 10.1. The van der Waals surface area contributed by atoms with Gasteiger partial charge in [-0.15, -0.1) is 11.3 Å². The quantitative estimate of drug-likeness (QED) is 0.851. The molecule has 118 valence electrons. The van der Waals surface area contributed by atoms with Crippen LogP contribution in [0.15, 0.2) is 5.38 Å². The van der Waals surface area contributed by atoms with Crippen molar-refractivity contribution in [1.29, 1.82) is 0 Å². The lowest BCUT2D eigenvalue weighted by atomic mass is 9.92. The Balaban J connectivity index is 1.63. The second kappa shape index (κ2) is 6.76. The van der Waals surface area contributed by atoms with Crippen LogP contribution in [0.3, 0.4) is 0 Å². The fourth-order valence-electron chi connectivity index (χ4n) is 3.94. The van der Waals surface area contributed by atoms with E-state index in [-0.39, 0.29) is 0 Å². The monoisotopic (exact) mass is 307 g/mol. The molecule has 2 aliphatic rings. The highest BCUT2D eigenvalue weighted by molar-refractivity contribution is 7.09. The summed E-state index contributed by atoms with van der Waals surface area (Å²) in [6.45, 7) is 11.9. The summed E-state index contributed by atoms with van der Waals surface area (Å²) in [5.41, 5.74) is 1.28. The zero-order valence-electron chi connectivity index (χ0n) is 13.7. The SMILES string of the molecule is Cc1nc(CCN2CC3CCCCN3CC2C(C)C)cs1. The van der Waals surface area contributed by atoms with Crippen LogP contribution in [0.4, 0.5) is 0 Å². The number of hydrogen-bond acceptors (Lipinski definition) is 4. The molecule has 0 amide bonds. The molecule has 2 fully saturated rings. The molecule has 0 radical (unpaired) electrons. The Morgan fingerprint density at radius 3 is 2.90 bits per heavy atom. The van der Waals surface area contributed by atoms with Crippen molar-refractivity contribution in [2.75, 3.05) is 26.2 Å². The second-order valence-electron chi connectivity index (χ2n) is 7.06. The lowest BCUT2D eigenvalue weighted by molar-refractivity contribution is -0.00683. The predicted molar refractivity (Wildman–Crippen MR) is 90.0 cm³/mol. The molecule has 0 bridgehead atoms. The molecule has 0 N–H and O–H groups in total. The molecule has 3 rings (SSSR count). The summed E-state index contributed by atoms with van der Waals surface area (Å²) in [5, 5.41) is 3.43. The maximum Gasteiger partial charge on any atom is 0.0897 e. The van der Waals surface area contributed by atoms with E-state index in [1.807, 2.05) is 0 Å². The first-order valence-corrected chi connectivity index (χ1v) is 9.40. The van der Waals surface area contributed by atoms with Crippen LogP contribution in [0.25, 0.3) is 0 Å². The average molecular weight is 308 g/mol. The lowest BCUT2D eigenvalue weighted by Gasteiger charge is -2.50. The Kier molecular flexibility index (Phi) is 4.97. The van der Waals surface area contributed by atoms with Crippen molar-refractivity contribution in [3.63, 3.8) is 0 Å². The zero-order chi connectivity index (χ0) is 14.8. The topological polar surface area (TPSA) is 19.4 Å². The van der Waals surface area contributed by atoms with Gasteiger partial charge in [0.1, 0.15) is 0 Å². The van der Waals surface area contributed by atoms with Crippen molar-refractivity contribution < 1.29 is 0 Å². The molecule has 0 aromatic carbocycles. The summed E-state index contributed by atoms with van der Waals surface area (Å²) >= 11 is 1.78. The van der Waals surface area contributed by atoms with Crippen LogP contribution in [0.2, 0.25) is 0 Å². The molecule has 0 spiro atoms. The number of thiazole rings is 1. The molecule has 0 aliphatic carbocycles.